The zero-order valence-electron chi connectivity index (χ0n) is 9.46. The zero-order valence-corrected chi connectivity index (χ0v) is 10.3. The molecule has 2 aromatic heterocycles. The fourth-order valence-electron chi connectivity index (χ4n) is 1.40. The Labute approximate surface area is 104 Å². The van der Waals surface area contributed by atoms with Crippen LogP contribution in [0.25, 0.3) is 0 Å². The Morgan fingerprint density at radius 2 is 2.28 bits per heavy atom. The number of aliphatic hydroxyl groups is 1. The standard InChI is InChI=1S/C10H13N3O4S/c14-7-8-1-2-10(17-8)18(15,16)13-4-3-9-11-5-6-12-9/h1-2,5-6,13-14H,3-4,7H2,(H,11,12). The Balaban J connectivity index is 1.95. The molecule has 0 amide bonds. The van der Waals surface area contributed by atoms with Gasteiger partial charge in [-0.25, -0.2) is 18.1 Å². The predicted molar refractivity (Wildman–Crippen MR) is 62.1 cm³/mol. The summed E-state index contributed by atoms with van der Waals surface area (Å²) in [7, 11) is -3.67. The molecule has 2 rings (SSSR count). The first-order chi connectivity index (χ1) is 8.62. The van der Waals surface area contributed by atoms with Crippen molar-refractivity contribution in [1.82, 2.24) is 14.7 Å². The van der Waals surface area contributed by atoms with Crippen LogP contribution in [0.15, 0.2) is 34.0 Å². The molecule has 98 valence electrons. The molecule has 0 aliphatic heterocycles. The lowest BCUT2D eigenvalue weighted by atomic mass is 10.4. The molecule has 18 heavy (non-hydrogen) atoms. The Morgan fingerprint density at radius 3 is 2.89 bits per heavy atom. The van der Waals surface area contributed by atoms with Gasteiger partial charge in [0.05, 0.1) is 0 Å². The van der Waals surface area contributed by atoms with Gasteiger partial charge >= 0.3 is 0 Å². The first-order valence-corrected chi connectivity index (χ1v) is 6.77. The van der Waals surface area contributed by atoms with Gasteiger partial charge < -0.3 is 14.5 Å². The Hall–Kier alpha value is -1.64. The van der Waals surface area contributed by atoms with Gasteiger partial charge in [0, 0.05) is 25.4 Å². The number of hydrogen-bond donors (Lipinski definition) is 3. The predicted octanol–water partition coefficient (Wildman–Crippen LogP) is 0.0160. The fraction of sp³-hybridized carbons (Fsp3) is 0.300. The van der Waals surface area contributed by atoms with Crippen molar-refractivity contribution in [3.63, 3.8) is 0 Å². The molecule has 0 saturated carbocycles. The van der Waals surface area contributed by atoms with Crippen LogP contribution in [-0.4, -0.2) is 30.0 Å². The summed E-state index contributed by atoms with van der Waals surface area (Å²) in [5, 5.41) is 8.59. The van der Waals surface area contributed by atoms with Crippen molar-refractivity contribution in [1.29, 1.82) is 0 Å². The Bertz CT molecular complexity index is 588. The number of imidazole rings is 1. The van der Waals surface area contributed by atoms with Gasteiger partial charge in [0.25, 0.3) is 10.0 Å². The third-order valence-electron chi connectivity index (χ3n) is 2.27. The number of nitrogens with one attached hydrogen (secondary N) is 2. The van der Waals surface area contributed by atoms with E-state index in [1.165, 1.54) is 12.1 Å². The minimum Gasteiger partial charge on any atom is -0.446 e. The van der Waals surface area contributed by atoms with E-state index in [1.807, 2.05) is 0 Å². The molecule has 0 fully saturated rings. The molecular weight excluding hydrogens is 258 g/mol. The molecule has 3 N–H and O–H groups in total. The molecule has 0 aliphatic rings. The van der Waals surface area contributed by atoms with Gasteiger partial charge in [-0.05, 0) is 12.1 Å². The molecule has 0 spiro atoms. The topological polar surface area (TPSA) is 108 Å². The van der Waals surface area contributed by atoms with E-state index < -0.39 is 10.0 Å². The SMILES string of the molecule is O=S(=O)(NCCc1ncc[nH]1)c1ccc(CO)o1. The van der Waals surface area contributed by atoms with Gasteiger partial charge in [0.15, 0.2) is 0 Å². The molecule has 2 aromatic rings. The van der Waals surface area contributed by atoms with E-state index in [4.69, 9.17) is 9.52 Å². The minimum atomic E-state index is -3.67. The van der Waals surface area contributed by atoms with Crippen LogP contribution in [0.3, 0.4) is 0 Å². The van der Waals surface area contributed by atoms with Crippen LogP contribution < -0.4 is 4.72 Å². The summed E-state index contributed by atoms with van der Waals surface area (Å²) in [6.45, 7) is -0.118. The summed E-state index contributed by atoms with van der Waals surface area (Å²) < 4.78 is 30.9. The van der Waals surface area contributed by atoms with E-state index in [0.717, 1.165) is 0 Å². The number of aromatic nitrogens is 2. The number of rotatable bonds is 6. The number of H-pyrrole nitrogens is 1. The maximum atomic E-state index is 11.8. The van der Waals surface area contributed by atoms with E-state index in [2.05, 4.69) is 14.7 Å². The summed E-state index contributed by atoms with van der Waals surface area (Å²) in [6, 6.07) is 2.72. The highest BCUT2D eigenvalue weighted by molar-refractivity contribution is 7.89. The van der Waals surface area contributed by atoms with Crippen molar-refractivity contribution in [2.75, 3.05) is 6.54 Å². The van der Waals surface area contributed by atoms with Crippen molar-refractivity contribution < 1.29 is 17.9 Å². The lowest BCUT2D eigenvalue weighted by Gasteiger charge is -2.02. The number of furan rings is 1. The lowest BCUT2D eigenvalue weighted by molar-refractivity contribution is 0.236. The number of aromatic amines is 1. The largest absolute Gasteiger partial charge is 0.446 e. The van der Waals surface area contributed by atoms with Gasteiger partial charge in [0.2, 0.25) is 5.09 Å². The lowest BCUT2D eigenvalue weighted by Crippen LogP contribution is -2.25. The maximum Gasteiger partial charge on any atom is 0.273 e. The number of hydrogen-bond acceptors (Lipinski definition) is 5. The molecule has 0 unspecified atom stereocenters. The van der Waals surface area contributed by atoms with Gasteiger partial charge in [-0.15, -0.1) is 0 Å². The minimum absolute atomic E-state index is 0.203. The van der Waals surface area contributed by atoms with E-state index in [-0.39, 0.29) is 24.0 Å². The summed E-state index contributed by atoms with van der Waals surface area (Å²) in [5.41, 5.74) is 0. The summed E-state index contributed by atoms with van der Waals surface area (Å²) in [6.07, 6.45) is 3.73. The monoisotopic (exact) mass is 271 g/mol. The van der Waals surface area contributed by atoms with Gasteiger partial charge in [-0.3, -0.25) is 0 Å². The highest BCUT2D eigenvalue weighted by Gasteiger charge is 2.18. The van der Waals surface area contributed by atoms with Crippen LogP contribution in [0.5, 0.6) is 0 Å². The second-order valence-electron chi connectivity index (χ2n) is 3.56. The third-order valence-corrected chi connectivity index (χ3v) is 3.60. The van der Waals surface area contributed by atoms with Crippen molar-refractivity contribution >= 4 is 10.0 Å². The van der Waals surface area contributed by atoms with E-state index in [0.29, 0.717) is 12.2 Å². The van der Waals surface area contributed by atoms with Crippen molar-refractivity contribution in [2.45, 2.75) is 18.1 Å². The van der Waals surface area contributed by atoms with Gasteiger partial charge in [-0.1, -0.05) is 0 Å². The van der Waals surface area contributed by atoms with Crippen molar-refractivity contribution in [3.8, 4) is 0 Å². The summed E-state index contributed by atoms with van der Waals surface area (Å²) in [5.74, 6) is 0.912. The Kier molecular flexibility index (Phi) is 3.80. The average molecular weight is 271 g/mol. The smallest absolute Gasteiger partial charge is 0.273 e. The molecule has 8 heteroatoms. The molecule has 0 aromatic carbocycles. The van der Waals surface area contributed by atoms with Crippen LogP contribution in [0.1, 0.15) is 11.6 Å². The fourth-order valence-corrected chi connectivity index (χ4v) is 2.37. The summed E-state index contributed by atoms with van der Waals surface area (Å²) in [4.78, 5) is 6.85. The zero-order chi connectivity index (χ0) is 13.0. The molecule has 0 aliphatic carbocycles. The van der Waals surface area contributed by atoms with E-state index >= 15 is 0 Å². The van der Waals surface area contributed by atoms with Gasteiger partial charge in [-0.2, -0.15) is 0 Å². The second-order valence-corrected chi connectivity index (χ2v) is 5.26. The molecule has 0 radical (unpaired) electrons. The van der Waals surface area contributed by atoms with Crippen LogP contribution in [0.4, 0.5) is 0 Å². The van der Waals surface area contributed by atoms with Crippen LogP contribution >= 0.6 is 0 Å². The quantitative estimate of drug-likeness (QED) is 0.686. The van der Waals surface area contributed by atoms with Crippen LogP contribution in [-0.2, 0) is 23.1 Å². The van der Waals surface area contributed by atoms with E-state index in [1.54, 1.807) is 12.4 Å². The Morgan fingerprint density at radius 1 is 1.44 bits per heavy atom. The average Bonchev–Trinajstić information content (AvgIpc) is 2.99. The second kappa shape index (κ2) is 5.34. The first kappa shape index (κ1) is 12.8. The number of nitrogens with zero attached hydrogens (tertiary/aromatic N) is 1. The molecule has 2 heterocycles. The molecule has 7 nitrogen and oxygen atoms in total. The van der Waals surface area contributed by atoms with Crippen molar-refractivity contribution in [3.05, 3.63) is 36.1 Å². The highest BCUT2D eigenvalue weighted by atomic mass is 32.2. The number of aliphatic hydroxyl groups excluding tert-OH is 1. The molecule has 0 bridgehead atoms. The van der Waals surface area contributed by atoms with Crippen molar-refractivity contribution in [2.24, 2.45) is 0 Å². The molecule has 0 saturated heterocycles. The molecular formula is C10H13N3O4S. The van der Waals surface area contributed by atoms with E-state index in [9.17, 15) is 8.42 Å². The highest BCUT2D eigenvalue weighted by Crippen LogP contribution is 2.13. The third kappa shape index (κ3) is 2.97. The van der Waals surface area contributed by atoms with Crippen LogP contribution in [0, 0.1) is 0 Å². The normalized spacial score (nSPS) is 11.8. The summed E-state index contributed by atoms with van der Waals surface area (Å²) >= 11 is 0. The maximum absolute atomic E-state index is 11.8. The first-order valence-electron chi connectivity index (χ1n) is 5.29. The number of sulfonamides is 1. The van der Waals surface area contributed by atoms with Crippen LogP contribution in [0.2, 0.25) is 0 Å². The molecule has 0 atom stereocenters. The van der Waals surface area contributed by atoms with Gasteiger partial charge in [0.1, 0.15) is 18.2 Å².